The number of hydrogen-bond donors (Lipinski definition) is 0. The number of benzene rings is 2. The van der Waals surface area contributed by atoms with Gasteiger partial charge < -0.3 is 4.42 Å². The molecule has 5 nitrogen and oxygen atoms in total. The van der Waals surface area contributed by atoms with Gasteiger partial charge in [-0.05, 0) is 29.8 Å². The molecule has 4 rings (SSSR count). The summed E-state index contributed by atoms with van der Waals surface area (Å²) in [7, 11) is 0. The molecule has 0 N–H and O–H groups in total. The Bertz CT molecular complexity index is 1030. The minimum Gasteiger partial charge on any atom is -0.408 e. The number of aromatic nitrogens is 1. The zero-order chi connectivity index (χ0) is 18.6. The van der Waals surface area contributed by atoms with E-state index in [1.54, 1.807) is 28.8 Å². The van der Waals surface area contributed by atoms with Crippen LogP contribution in [0.25, 0.3) is 17.2 Å². The molecule has 0 aliphatic carbocycles. The fourth-order valence-corrected chi connectivity index (χ4v) is 4.11. The molecule has 0 spiro atoms. The van der Waals surface area contributed by atoms with Gasteiger partial charge in [-0.1, -0.05) is 36.4 Å². The summed E-state index contributed by atoms with van der Waals surface area (Å²) in [4.78, 5) is 27.0. The van der Waals surface area contributed by atoms with Crippen LogP contribution in [0.1, 0.15) is 15.9 Å². The first-order valence-electron chi connectivity index (χ1n) is 8.92. The molecule has 0 amide bonds. The van der Waals surface area contributed by atoms with Crippen molar-refractivity contribution in [2.75, 3.05) is 24.6 Å². The SMILES string of the molecule is O=C(/C=C/c1ccccc1)c1ccc2c(c1)oc(=O)n2CN1CCSCC1. The van der Waals surface area contributed by atoms with Gasteiger partial charge in [0.1, 0.15) is 0 Å². The molecule has 138 valence electrons. The second kappa shape index (κ2) is 7.98. The van der Waals surface area contributed by atoms with Gasteiger partial charge in [0, 0.05) is 30.2 Å². The molecule has 1 fully saturated rings. The highest BCUT2D eigenvalue weighted by molar-refractivity contribution is 7.99. The van der Waals surface area contributed by atoms with Gasteiger partial charge in [0.15, 0.2) is 11.4 Å². The standard InChI is InChI=1S/C21H20N2O3S/c24-19(9-6-16-4-2-1-3-5-16)17-7-8-18-20(14-17)26-21(25)23(18)15-22-10-12-27-13-11-22/h1-9,14H,10-13,15H2/b9-6+. The molecule has 1 saturated heterocycles. The van der Waals surface area contributed by atoms with Crippen LogP contribution in [0, 0.1) is 0 Å². The van der Waals surface area contributed by atoms with Gasteiger partial charge >= 0.3 is 5.76 Å². The molecule has 2 heterocycles. The van der Waals surface area contributed by atoms with E-state index in [2.05, 4.69) is 4.90 Å². The molecule has 0 radical (unpaired) electrons. The molecule has 1 aliphatic rings. The van der Waals surface area contributed by atoms with Gasteiger partial charge in [0.25, 0.3) is 0 Å². The van der Waals surface area contributed by atoms with E-state index in [4.69, 9.17) is 4.42 Å². The van der Waals surface area contributed by atoms with Gasteiger partial charge in [-0.15, -0.1) is 0 Å². The predicted octanol–water partition coefficient (Wildman–Crippen LogP) is 3.50. The molecule has 0 bridgehead atoms. The van der Waals surface area contributed by atoms with Gasteiger partial charge in [-0.25, -0.2) is 4.79 Å². The van der Waals surface area contributed by atoms with E-state index in [0.717, 1.165) is 35.7 Å². The number of carbonyl (C=O) groups is 1. The lowest BCUT2D eigenvalue weighted by molar-refractivity contribution is 0.104. The van der Waals surface area contributed by atoms with E-state index in [-0.39, 0.29) is 11.5 Å². The molecule has 2 aromatic carbocycles. The molecule has 3 aromatic rings. The van der Waals surface area contributed by atoms with Crippen LogP contribution in [0.5, 0.6) is 0 Å². The molecule has 0 atom stereocenters. The zero-order valence-corrected chi connectivity index (χ0v) is 15.7. The van der Waals surface area contributed by atoms with Crippen LogP contribution in [-0.2, 0) is 6.67 Å². The first-order chi connectivity index (χ1) is 13.2. The third kappa shape index (κ3) is 4.07. The minimum atomic E-state index is -0.382. The third-order valence-electron chi connectivity index (χ3n) is 4.62. The maximum absolute atomic E-state index is 12.4. The summed E-state index contributed by atoms with van der Waals surface area (Å²) in [6.07, 6.45) is 3.32. The van der Waals surface area contributed by atoms with Gasteiger partial charge in [0.2, 0.25) is 0 Å². The normalized spacial score (nSPS) is 15.6. The lowest BCUT2D eigenvalue weighted by Gasteiger charge is -2.25. The number of carbonyl (C=O) groups excluding carboxylic acids is 1. The Balaban J connectivity index is 1.56. The molecular weight excluding hydrogens is 360 g/mol. The highest BCUT2D eigenvalue weighted by Gasteiger charge is 2.16. The Morgan fingerprint density at radius 3 is 2.67 bits per heavy atom. The summed E-state index contributed by atoms with van der Waals surface area (Å²) in [5, 5.41) is 0. The number of hydrogen-bond acceptors (Lipinski definition) is 5. The van der Waals surface area contributed by atoms with Crippen molar-refractivity contribution in [1.29, 1.82) is 0 Å². The van der Waals surface area contributed by atoms with Crippen molar-refractivity contribution in [2.45, 2.75) is 6.67 Å². The van der Waals surface area contributed by atoms with E-state index in [1.807, 2.05) is 42.1 Å². The predicted molar refractivity (Wildman–Crippen MR) is 109 cm³/mol. The Labute approximate surface area is 161 Å². The summed E-state index contributed by atoms with van der Waals surface area (Å²) in [5.74, 6) is 1.66. The summed E-state index contributed by atoms with van der Waals surface area (Å²) in [5.41, 5.74) is 2.64. The number of thioether (sulfide) groups is 1. The maximum atomic E-state index is 12.4. The van der Waals surface area contributed by atoms with Gasteiger partial charge in [-0.3, -0.25) is 14.3 Å². The molecule has 0 saturated carbocycles. The fourth-order valence-electron chi connectivity index (χ4n) is 3.13. The van der Waals surface area contributed by atoms with Crippen LogP contribution in [0.15, 0.2) is 63.8 Å². The molecule has 1 aliphatic heterocycles. The van der Waals surface area contributed by atoms with Crippen LogP contribution < -0.4 is 5.76 Å². The molecule has 6 heteroatoms. The topological polar surface area (TPSA) is 55.5 Å². The van der Waals surface area contributed by atoms with E-state index in [1.165, 1.54) is 6.08 Å². The van der Waals surface area contributed by atoms with Crippen molar-refractivity contribution in [3.8, 4) is 0 Å². The van der Waals surface area contributed by atoms with Gasteiger partial charge in [-0.2, -0.15) is 11.8 Å². The van der Waals surface area contributed by atoms with E-state index in [9.17, 15) is 9.59 Å². The smallest absolute Gasteiger partial charge is 0.408 e. The summed E-state index contributed by atoms with van der Waals surface area (Å²) in [6, 6.07) is 14.8. The van der Waals surface area contributed by atoms with Crippen molar-refractivity contribution in [3.63, 3.8) is 0 Å². The number of allylic oxidation sites excluding steroid dienone is 1. The van der Waals surface area contributed by atoms with E-state index >= 15 is 0 Å². The Hall–Kier alpha value is -2.57. The largest absolute Gasteiger partial charge is 0.421 e. The first kappa shape index (κ1) is 17.8. The first-order valence-corrected chi connectivity index (χ1v) is 10.1. The fraction of sp³-hybridized carbons (Fsp3) is 0.238. The average Bonchev–Trinajstić information content (AvgIpc) is 3.02. The molecule has 0 unspecified atom stereocenters. The average molecular weight is 380 g/mol. The summed E-state index contributed by atoms with van der Waals surface area (Å²) < 4.78 is 7.03. The second-order valence-electron chi connectivity index (χ2n) is 6.46. The maximum Gasteiger partial charge on any atom is 0.421 e. The number of nitrogens with zero attached hydrogens (tertiary/aromatic N) is 2. The van der Waals surface area contributed by atoms with Crippen molar-refractivity contribution in [1.82, 2.24) is 9.47 Å². The summed E-state index contributed by atoms with van der Waals surface area (Å²) >= 11 is 1.93. The zero-order valence-electron chi connectivity index (χ0n) is 14.8. The quantitative estimate of drug-likeness (QED) is 0.501. The van der Waals surface area contributed by atoms with Crippen molar-refractivity contribution in [3.05, 3.63) is 76.3 Å². The molecular formula is C21H20N2O3S. The monoisotopic (exact) mass is 380 g/mol. The van der Waals surface area contributed by atoms with E-state index < -0.39 is 0 Å². The molecule has 27 heavy (non-hydrogen) atoms. The number of oxazole rings is 1. The Kier molecular flexibility index (Phi) is 5.27. The number of ketones is 1. The third-order valence-corrected chi connectivity index (χ3v) is 5.57. The number of fused-ring (bicyclic) bond motifs is 1. The van der Waals surface area contributed by atoms with Crippen LogP contribution in [0.2, 0.25) is 0 Å². The lowest BCUT2D eigenvalue weighted by atomic mass is 10.1. The Morgan fingerprint density at radius 2 is 1.89 bits per heavy atom. The van der Waals surface area contributed by atoms with Crippen LogP contribution >= 0.6 is 11.8 Å². The van der Waals surface area contributed by atoms with Crippen molar-refractivity contribution >= 4 is 34.7 Å². The van der Waals surface area contributed by atoms with Crippen LogP contribution in [0.3, 0.4) is 0 Å². The lowest BCUT2D eigenvalue weighted by Crippen LogP contribution is -2.36. The summed E-state index contributed by atoms with van der Waals surface area (Å²) in [6.45, 7) is 2.45. The van der Waals surface area contributed by atoms with Crippen LogP contribution in [0.4, 0.5) is 0 Å². The minimum absolute atomic E-state index is 0.121. The highest BCUT2D eigenvalue weighted by atomic mass is 32.2. The number of rotatable bonds is 5. The van der Waals surface area contributed by atoms with Crippen molar-refractivity contribution < 1.29 is 9.21 Å². The second-order valence-corrected chi connectivity index (χ2v) is 7.68. The Morgan fingerprint density at radius 1 is 1.11 bits per heavy atom. The molecule has 1 aromatic heterocycles. The highest BCUT2D eigenvalue weighted by Crippen LogP contribution is 2.18. The van der Waals surface area contributed by atoms with Crippen LogP contribution in [-0.4, -0.2) is 39.8 Å². The van der Waals surface area contributed by atoms with E-state index in [0.29, 0.717) is 17.8 Å². The van der Waals surface area contributed by atoms with Crippen molar-refractivity contribution in [2.24, 2.45) is 0 Å². The van der Waals surface area contributed by atoms with Gasteiger partial charge in [0.05, 0.1) is 12.2 Å².